The largest absolute Gasteiger partial charge is 0.369 e. The first kappa shape index (κ1) is 11.3. The van der Waals surface area contributed by atoms with Gasteiger partial charge in [-0.15, -0.1) is 0 Å². The molecule has 0 saturated carbocycles. The van der Waals surface area contributed by atoms with Crippen molar-refractivity contribution in [2.45, 2.75) is 33.1 Å². The molecule has 0 radical (unpaired) electrons. The van der Waals surface area contributed by atoms with E-state index in [9.17, 15) is 0 Å². The SMILES string of the molecule is CCNc1ncc(C(C)(C)C)cc1Cl. The maximum Gasteiger partial charge on any atom is 0.144 e. The van der Waals surface area contributed by atoms with E-state index in [4.69, 9.17) is 11.6 Å². The Morgan fingerprint density at radius 3 is 2.50 bits per heavy atom. The maximum absolute atomic E-state index is 6.09. The van der Waals surface area contributed by atoms with Crippen molar-refractivity contribution in [2.75, 3.05) is 11.9 Å². The van der Waals surface area contributed by atoms with Crippen LogP contribution in [0.4, 0.5) is 5.82 Å². The van der Waals surface area contributed by atoms with Crippen LogP contribution >= 0.6 is 11.6 Å². The van der Waals surface area contributed by atoms with Crippen LogP contribution < -0.4 is 5.32 Å². The van der Waals surface area contributed by atoms with Gasteiger partial charge in [-0.2, -0.15) is 0 Å². The number of rotatable bonds is 2. The van der Waals surface area contributed by atoms with Gasteiger partial charge in [-0.25, -0.2) is 4.98 Å². The monoisotopic (exact) mass is 212 g/mol. The molecule has 3 heteroatoms. The minimum atomic E-state index is 0.0986. The van der Waals surface area contributed by atoms with Crippen molar-refractivity contribution in [3.05, 3.63) is 22.8 Å². The van der Waals surface area contributed by atoms with E-state index < -0.39 is 0 Å². The van der Waals surface area contributed by atoms with Crippen molar-refractivity contribution >= 4 is 17.4 Å². The van der Waals surface area contributed by atoms with E-state index in [1.807, 2.05) is 19.2 Å². The van der Waals surface area contributed by atoms with Gasteiger partial charge in [0.05, 0.1) is 5.02 Å². The van der Waals surface area contributed by atoms with Crippen LogP contribution in [-0.4, -0.2) is 11.5 Å². The molecule has 0 unspecified atom stereocenters. The Kier molecular flexibility index (Phi) is 3.38. The van der Waals surface area contributed by atoms with Crippen molar-refractivity contribution < 1.29 is 0 Å². The fraction of sp³-hybridized carbons (Fsp3) is 0.545. The van der Waals surface area contributed by atoms with Crippen LogP contribution in [0, 0.1) is 0 Å². The van der Waals surface area contributed by atoms with Gasteiger partial charge in [-0.05, 0) is 24.0 Å². The molecule has 0 aliphatic heterocycles. The molecule has 0 aromatic carbocycles. The molecule has 0 fully saturated rings. The molecule has 0 bridgehead atoms. The number of aromatic nitrogens is 1. The molecule has 1 N–H and O–H groups in total. The molecule has 0 spiro atoms. The fourth-order valence-corrected chi connectivity index (χ4v) is 1.38. The van der Waals surface area contributed by atoms with Crippen LogP contribution in [0.25, 0.3) is 0 Å². The number of nitrogens with zero attached hydrogens (tertiary/aromatic N) is 1. The van der Waals surface area contributed by atoms with E-state index in [0.29, 0.717) is 5.02 Å². The number of hydrogen-bond acceptors (Lipinski definition) is 2. The van der Waals surface area contributed by atoms with Gasteiger partial charge >= 0.3 is 0 Å². The highest BCUT2D eigenvalue weighted by Gasteiger charge is 2.15. The van der Waals surface area contributed by atoms with Crippen LogP contribution in [-0.2, 0) is 5.41 Å². The topological polar surface area (TPSA) is 24.9 Å². The second-order valence-electron chi connectivity index (χ2n) is 4.33. The minimum Gasteiger partial charge on any atom is -0.369 e. The standard InChI is InChI=1S/C11H17ClN2/c1-5-13-10-9(12)6-8(7-14-10)11(2,3)4/h6-7H,5H2,1-4H3,(H,13,14). The lowest BCUT2D eigenvalue weighted by Crippen LogP contribution is -2.12. The highest BCUT2D eigenvalue weighted by Crippen LogP contribution is 2.27. The quantitative estimate of drug-likeness (QED) is 0.812. The lowest BCUT2D eigenvalue weighted by molar-refractivity contribution is 0.587. The van der Waals surface area contributed by atoms with Crippen molar-refractivity contribution in [3.8, 4) is 0 Å². The van der Waals surface area contributed by atoms with Gasteiger partial charge in [0, 0.05) is 12.7 Å². The van der Waals surface area contributed by atoms with Crippen molar-refractivity contribution in [2.24, 2.45) is 0 Å². The zero-order valence-electron chi connectivity index (χ0n) is 9.19. The predicted molar refractivity (Wildman–Crippen MR) is 62.1 cm³/mol. The molecule has 0 aliphatic rings. The molecule has 1 heterocycles. The van der Waals surface area contributed by atoms with E-state index in [-0.39, 0.29) is 5.41 Å². The van der Waals surface area contributed by atoms with E-state index in [1.54, 1.807) is 0 Å². The van der Waals surface area contributed by atoms with Gasteiger partial charge in [0.15, 0.2) is 0 Å². The summed E-state index contributed by atoms with van der Waals surface area (Å²) in [4.78, 5) is 4.29. The average Bonchev–Trinajstić information content (AvgIpc) is 2.07. The second kappa shape index (κ2) is 4.18. The third kappa shape index (κ3) is 2.61. The lowest BCUT2D eigenvalue weighted by Gasteiger charge is -2.19. The summed E-state index contributed by atoms with van der Waals surface area (Å²) in [6, 6.07) is 1.98. The van der Waals surface area contributed by atoms with E-state index in [1.165, 1.54) is 0 Å². The van der Waals surface area contributed by atoms with Crippen LogP contribution in [0.5, 0.6) is 0 Å². The summed E-state index contributed by atoms with van der Waals surface area (Å²) in [5.74, 6) is 0.766. The van der Waals surface area contributed by atoms with Gasteiger partial charge in [0.2, 0.25) is 0 Å². The van der Waals surface area contributed by atoms with Crippen LogP contribution in [0.15, 0.2) is 12.3 Å². The van der Waals surface area contributed by atoms with Gasteiger partial charge in [0.25, 0.3) is 0 Å². The number of pyridine rings is 1. The predicted octanol–water partition coefficient (Wildman–Crippen LogP) is 3.46. The third-order valence-electron chi connectivity index (χ3n) is 2.05. The number of anilines is 1. The van der Waals surface area contributed by atoms with E-state index in [0.717, 1.165) is 17.9 Å². The van der Waals surface area contributed by atoms with E-state index >= 15 is 0 Å². The highest BCUT2D eigenvalue weighted by atomic mass is 35.5. The Morgan fingerprint density at radius 2 is 2.07 bits per heavy atom. The molecule has 0 atom stereocenters. The third-order valence-corrected chi connectivity index (χ3v) is 2.34. The average molecular weight is 213 g/mol. The summed E-state index contributed by atoms with van der Waals surface area (Å²) in [6.45, 7) is 9.30. The minimum absolute atomic E-state index is 0.0986. The second-order valence-corrected chi connectivity index (χ2v) is 4.74. The van der Waals surface area contributed by atoms with Crippen molar-refractivity contribution in [1.82, 2.24) is 4.98 Å². The number of hydrogen-bond donors (Lipinski definition) is 1. The molecular weight excluding hydrogens is 196 g/mol. The lowest BCUT2D eigenvalue weighted by atomic mass is 9.88. The summed E-state index contributed by atoms with van der Waals surface area (Å²) in [6.07, 6.45) is 1.88. The molecule has 0 amide bonds. The summed E-state index contributed by atoms with van der Waals surface area (Å²) in [5, 5.41) is 3.81. The number of nitrogens with one attached hydrogen (secondary N) is 1. The smallest absolute Gasteiger partial charge is 0.144 e. The zero-order valence-corrected chi connectivity index (χ0v) is 9.94. The molecule has 1 aromatic rings. The maximum atomic E-state index is 6.09. The van der Waals surface area contributed by atoms with E-state index in [2.05, 4.69) is 31.1 Å². The zero-order chi connectivity index (χ0) is 10.8. The Hall–Kier alpha value is -0.760. The first-order valence-electron chi connectivity index (χ1n) is 4.85. The van der Waals surface area contributed by atoms with Gasteiger partial charge in [0.1, 0.15) is 5.82 Å². The summed E-state index contributed by atoms with van der Waals surface area (Å²) < 4.78 is 0. The Morgan fingerprint density at radius 1 is 1.43 bits per heavy atom. The highest BCUT2D eigenvalue weighted by molar-refractivity contribution is 6.32. The van der Waals surface area contributed by atoms with Gasteiger partial charge < -0.3 is 5.32 Å². The molecular formula is C11H17ClN2. The molecule has 2 nitrogen and oxygen atoms in total. The van der Waals surface area contributed by atoms with Crippen molar-refractivity contribution in [3.63, 3.8) is 0 Å². The normalized spacial score (nSPS) is 11.5. The molecule has 1 aromatic heterocycles. The molecule has 78 valence electrons. The molecule has 0 aliphatic carbocycles. The van der Waals surface area contributed by atoms with Gasteiger partial charge in [-0.3, -0.25) is 0 Å². The summed E-state index contributed by atoms with van der Waals surface area (Å²) in [7, 11) is 0. The summed E-state index contributed by atoms with van der Waals surface area (Å²) >= 11 is 6.09. The van der Waals surface area contributed by atoms with Crippen LogP contribution in [0.3, 0.4) is 0 Å². The Labute approximate surface area is 90.7 Å². The fourth-order valence-electron chi connectivity index (χ4n) is 1.15. The molecule has 1 rings (SSSR count). The Balaban J connectivity index is 3.01. The van der Waals surface area contributed by atoms with Crippen molar-refractivity contribution in [1.29, 1.82) is 0 Å². The first-order chi connectivity index (χ1) is 6.45. The van der Waals surface area contributed by atoms with Crippen LogP contribution in [0.2, 0.25) is 5.02 Å². The van der Waals surface area contributed by atoms with Gasteiger partial charge in [-0.1, -0.05) is 32.4 Å². The first-order valence-corrected chi connectivity index (χ1v) is 5.23. The van der Waals surface area contributed by atoms with Crippen LogP contribution in [0.1, 0.15) is 33.3 Å². The molecule has 14 heavy (non-hydrogen) atoms. The number of halogens is 1. The summed E-state index contributed by atoms with van der Waals surface area (Å²) in [5.41, 5.74) is 1.26. The Bertz CT molecular complexity index is 316. The molecule has 0 saturated heterocycles.